The Morgan fingerprint density at radius 1 is 0.688 bits per heavy atom. The molecule has 2 rings (SSSR count). The summed E-state index contributed by atoms with van der Waals surface area (Å²) in [5, 5.41) is 23.1. The van der Waals surface area contributed by atoms with Gasteiger partial charge in [0, 0.05) is 6.42 Å². The summed E-state index contributed by atoms with van der Waals surface area (Å²) in [6.45, 7) is 4.36. The zero-order valence-electron chi connectivity index (χ0n) is 19.6. The Bertz CT molecular complexity index is 683. The van der Waals surface area contributed by atoms with Crippen LogP contribution < -0.4 is 10.2 Å². The van der Waals surface area contributed by atoms with E-state index in [1.807, 2.05) is 24.3 Å². The quantitative estimate of drug-likeness (QED) is 0.154. The van der Waals surface area contributed by atoms with Crippen molar-refractivity contribution in [3.8, 4) is 0 Å². The summed E-state index contributed by atoms with van der Waals surface area (Å²) < 4.78 is 4.72. The first-order valence-electron chi connectivity index (χ1n) is 11.7. The third-order valence-electron chi connectivity index (χ3n) is 5.09. The van der Waals surface area contributed by atoms with E-state index >= 15 is 0 Å². The molecule has 0 spiro atoms. The van der Waals surface area contributed by atoms with E-state index in [9.17, 15) is 15.0 Å². The van der Waals surface area contributed by atoms with Crippen molar-refractivity contribution in [2.75, 3.05) is 6.61 Å². The monoisotopic (exact) mass is 482 g/mol. The Morgan fingerprint density at radius 2 is 1.12 bits per heavy atom. The van der Waals surface area contributed by atoms with Crippen LogP contribution in [-0.4, -0.2) is 12.6 Å². The maximum absolute atomic E-state index is 11.7. The van der Waals surface area contributed by atoms with Gasteiger partial charge in [-0.1, -0.05) is 107 Å². The van der Waals surface area contributed by atoms with Crippen LogP contribution in [0.5, 0.6) is 0 Å². The number of carbonyl (C=O) groups is 1. The van der Waals surface area contributed by atoms with E-state index in [1.165, 1.54) is 44.9 Å². The van der Waals surface area contributed by atoms with Gasteiger partial charge < -0.3 is 14.9 Å². The number of hydrogen-bond acceptors (Lipinski definition) is 4. The second-order valence-corrected chi connectivity index (χ2v) is 7.72. The molecule has 0 radical (unpaired) electrons. The Hall–Kier alpha value is -1.97. The fourth-order valence-electron chi connectivity index (χ4n) is 3.28. The van der Waals surface area contributed by atoms with Crippen molar-refractivity contribution in [1.29, 1.82) is 0 Å². The van der Waals surface area contributed by atoms with Gasteiger partial charge in [0.2, 0.25) is 0 Å². The fraction of sp³-hybridized carbons (Fsp3) is 0.519. The Morgan fingerprint density at radius 3 is 1.59 bits per heavy atom. The van der Waals surface area contributed by atoms with Crippen LogP contribution >= 0.6 is 0 Å². The topological polar surface area (TPSA) is 72.4 Å². The molecule has 0 aromatic carbocycles. The van der Waals surface area contributed by atoms with E-state index in [1.54, 1.807) is 31.2 Å². The largest absolute Gasteiger partial charge is 2.00 e. The van der Waals surface area contributed by atoms with Gasteiger partial charge in [0.1, 0.15) is 0 Å². The van der Waals surface area contributed by atoms with Crippen LogP contribution in [0, 0.1) is 0 Å². The van der Waals surface area contributed by atoms with Crippen molar-refractivity contribution < 1.29 is 36.8 Å². The number of ether oxygens (including phenoxy) is 1. The molecular formula is C27H38FeO4. The molecule has 32 heavy (non-hydrogen) atoms. The van der Waals surface area contributed by atoms with E-state index in [0.717, 1.165) is 18.4 Å². The van der Waals surface area contributed by atoms with Crippen LogP contribution in [0.4, 0.5) is 0 Å². The first kappa shape index (κ1) is 30.0. The van der Waals surface area contributed by atoms with E-state index in [0.29, 0.717) is 17.9 Å². The zero-order chi connectivity index (χ0) is 22.7. The van der Waals surface area contributed by atoms with Gasteiger partial charge in [-0.25, -0.2) is 0 Å². The minimum absolute atomic E-state index is 0. The summed E-state index contributed by atoms with van der Waals surface area (Å²) in [5.74, 6) is -0.0172. The van der Waals surface area contributed by atoms with Crippen LogP contribution in [-0.2, 0) is 26.6 Å². The Kier molecular flexibility index (Phi) is 18.5. The van der Waals surface area contributed by atoms with Gasteiger partial charge >= 0.3 is 23.0 Å². The minimum Gasteiger partial charge on any atom is -0.875 e. The molecule has 2 aliphatic carbocycles. The molecule has 0 saturated carbocycles. The fourth-order valence-corrected chi connectivity index (χ4v) is 3.28. The van der Waals surface area contributed by atoms with Crippen LogP contribution in [0.1, 0.15) is 84.5 Å². The smallest absolute Gasteiger partial charge is 0.875 e. The van der Waals surface area contributed by atoms with E-state index in [-0.39, 0.29) is 41.6 Å². The molecule has 178 valence electrons. The molecule has 0 aromatic heterocycles. The van der Waals surface area contributed by atoms with Gasteiger partial charge in [-0.05, 0) is 30.9 Å². The molecule has 4 nitrogen and oxygen atoms in total. The Labute approximate surface area is 205 Å². The number of unbranched alkanes of at least 4 members (excludes halogenated alkanes) is 7. The van der Waals surface area contributed by atoms with Crippen LogP contribution in [0.2, 0.25) is 0 Å². The molecule has 5 heteroatoms. The van der Waals surface area contributed by atoms with Crippen molar-refractivity contribution >= 4 is 5.97 Å². The molecule has 0 unspecified atom stereocenters. The minimum atomic E-state index is -0.313. The third kappa shape index (κ3) is 14.2. The van der Waals surface area contributed by atoms with E-state index in [2.05, 4.69) is 6.92 Å². The zero-order valence-corrected chi connectivity index (χ0v) is 20.7. The molecule has 0 bridgehead atoms. The van der Waals surface area contributed by atoms with Gasteiger partial charge in [0.05, 0.1) is 6.61 Å². The predicted molar refractivity (Wildman–Crippen MR) is 124 cm³/mol. The molecule has 0 saturated heterocycles. The van der Waals surface area contributed by atoms with Crippen molar-refractivity contribution in [1.82, 2.24) is 0 Å². The number of allylic oxidation sites excluding steroid dienone is 12. The molecular weight excluding hydrogens is 444 g/mol. The maximum atomic E-state index is 11.7. The number of carbonyl (C=O) groups excluding carboxylic acids is 1. The summed E-state index contributed by atoms with van der Waals surface area (Å²) in [7, 11) is 0. The average Bonchev–Trinajstić information content (AvgIpc) is 3.49. The molecule has 0 atom stereocenters. The van der Waals surface area contributed by atoms with Crippen LogP contribution in [0.3, 0.4) is 0 Å². The van der Waals surface area contributed by atoms with E-state index < -0.39 is 0 Å². The summed E-state index contributed by atoms with van der Waals surface area (Å²) in [6.07, 6.45) is 26.2. The van der Waals surface area contributed by atoms with Crippen molar-refractivity contribution in [2.45, 2.75) is 84.5 Å². The first-order chi connectivity index (χ1) is 15.1. The number of esters is 1. The molecule has 2 aliphatic rings. The number of hydrogen-bond donors (Lipinski definition) is 0. The summed E-state index contributed by atoms with van der Waals surface area (Å²) in [5.41, 5.74) is 1.54. The van der Waals surface area contributed by atoms with Crippen LogP contribution in [0.25, 0.3) is 0 Å². The van der Waals surface area contributed by atoms with Gasteiger partial charge in [0.15, 0.2) is 0 Å². The average molecular weight is 482 g/mol. The molecule has 0 fully saturated rings. The molecule has 0 amide bonds. The summed E-state index contributed by atoms with van der Waals surface area (Å²) in [6, 6.07) is 0. The standard InChI is InChI=1S/C16H26O.C11H14O3.Fe/c1-2-3-4-5-6-7-8-9-14-16(17)15-12-10-11-13-15;1-2-14-11(13)8-7-10(12)9-5-3-4-6-9;/h10-13,17H,2-9,14H2,1H3;3-6,12H,2,7-8H2,1H3;/q;;+2/p-2. The summed E-state index contributed by atoms with van der Waals surface area (Å²) in [4.78, 5) is 10.9. The second kappa shape index (κ2) is 19.7. The third-order valence-corrected chi connectivity index (χ3v) is 5.09. The summed E-state index contributed by atoms with van der Waals surface area (Å²) >= 11 is 0. The van der Waals surface area contributed by atoms with Crippen LogP contribution in [0.15, 0.2) is 71.3 Å². The van der Waals surface area contributed by atoms with E-state index in [4.69, 9.17) is 4.74 Å². The predicted octanol–water partition coefficient (Wildman–Crippen LogP) is 5.33. The van der Waals surface area contributed by atoms with Crippen molar-refractivity contribution in [3.63, 3.8) is 0 Å². The molecule has 0 heterocycles. The van der Waals surface area contributed by atoms with Gasteiger partial charge in [-0.2, -0.15) is 0 Å². The molecule has 0 N–H and O–H groups in total. The van der Waals surface area contributed by atoms with Crippen molar-refractivity contribution in [3.05, 3.63) is 71.3 Å². The van der Waals surface area contributed by atoms with Gasteiger partial charge in [-0.15, -0.1) is 11.5 Å². The molecule has 0 aliphatic heterocycles. The normalized spacial score (nSPS) is 13.1. The Balaban J connectivity index is 0.000000592. The van der Waals surface area contributed by atoms with Crippen molar-refractivity contribution in [2.24, 2.45) is 0 Å². The first-order valence-corrected chi connectivity index (χ1v) is 11.7. The molecule has 0 aromatic rings. The van der Waals surface area contributed by atoms with Gasteiger partial charge in [0.25, 0.3) is 0 Å². The SMILES string of the molecule is CCCCCCCCCCC([O-])=C1C=CC=C1.CCOC(=O)CCC([O-])=C1C=CC=C1.[Fe+2]. The van der Waals surface area contributed by atoms with Gasteiger partial charge in [-0.3, -0.25) is 4.79 Å². The second-order valence-electron chi connectivity index (χ2n) is 7.72. The number of rotatable bonds is 13. The maximum Gasteiger partial charge on any atom is 2.00 e.